The number of esters is 1. The summed E-state index contributed by atoms with van der Waals surface area (Å²) in [4.78, 5) is 18.4. The number of hydrogen-bond acceptors (Lipinski definition) is 4. The second-order valence-corrected chi connectivity index (χ2v) is 6.25. The Morgan fingerprint density at radius 2 is 2.10 bits per heavy atom. The first-order valence-electron chi connectivity index (χ1n) is 8.05. The third-order valence-electron chi connectivity index (χ3n) is 4.97. The maximum Gasteiger partial charge on any atom is 0.339 e. The lowest BCUT2D eigenvalue weighted by atomic mass is 9.96. The topological polar surface area (TPSA) is 42.4 Å². The molecule has 0 amide bonds. The van der Waals surface area contributed by atoms with Crippen molar-refractivity contribution in [2.75, 3.05) is 13.7 Å². The van der Waals surface area contributed by atoms with E-state index in [0.717, 1.165) is 24.2 Å². The van der Waals surface area contributed by atoms with Crippen molar-refractivity contribution in [2.24, 2.45) is 5.92 Å². The highest BCUT2D eigenvalue weighted by atomic mass is 16.5. The number of rotatable bonds is 4. The van der Waals surface area contributed by atoms with Gasteiger partial charge in [0.05, 0.1) is 18.4 Å². The van der Waals surface area contributed by atoms with E-state index >= 15 is 0 Å². The molecular formula is C17H24N2O2. The average molecular weight is 288 g/mol. The zero-order valence-corrected chi connectivity index (χ0v) is 12.8. The van der Waals surface area contributed by atoms with Crippen LogP contribution < -0.4 is 0 Å². The Balaban J connectivity index is 1.63. The molecule has 2 fully saturated rings. The molecule has 114 valence electrons. The summed E-state index contributed by atoms with van der Waals surface area (Å²) >= 11 is 0. The van der Waals surface area contributed by atoms with Crippen molar-refractivity contribution in [2.45, 2.75) is 51.1 Å². The first-order valence-corrected chi connectivity index (χ1v) is 8.05. The van der Waals surface area contributed by atoms with Gasteiger partial charge in [-0.15, -0.1) is 0 Å². The highest BCUT2D eigenvalue weighted by Gasteiger charge is 2.33. The molecule has 1 aromatic heterocycles. The van der Waals surface area contributed by atoms with Crippen LogP contribution in [0.1, 0.15) is 54.6 Å². The predicted molar refractivity (Wildman–Crippen MR) is 81.0 cm³/mol. The zero-order chi connectivity index (χ0) is 14.7. The molecule has 1 aliphatic heterocycles. The lowest BCUT2D eigenvalue weighted by molar-refractivity contribution is 0.0600. The minimum atomic E-state index is -0.320. The number of methoxy groups -OCH3 is 1. The Morgan fingerprint density at radius 3 is 2.76 bits per heavy atom. The Kier molecular flexibility index (Phi) is 4.54. The fourth-order valence-electron chi connectivity index (χ4n) is 3.89. The van der Waals surface area contributed by atoms with Gasteiger partial charge in [0.25, 0.3) is 0 Å². The molecule has 0 radical (unpaired) electrons. The first-order chi connectivity index (χ1) is 10.3. The van der Waals surface area contributed by atoms with Crippen LogP contribution in [0.2, 0.25) is 0 Å². The predicted octanol–water partition coefficient (Wildman–Crippen LogP) is 3.02. The molecule has 4 heteroatoms. The normalized spacial score (nSPS) is 23.6. The monoisotopic (exact) mass is 288 g/mol. The number of nitrogens with zero attached hydrogens (tertiary/aromatic N) is 2. The molecule has 2 aliphatic rings. The van der Waals surface area contributed by atoms with E-state index in [-0.39, 0.29) is 5.97 Å². The van der Waals surface area contributed by atoms with Crippen molar-refractivity contribution in [3.05, 3.63) is 29.6 Å². The molecule has 0 aromatic carbocycles. The Morgan fingerprint density at radius 1 is 1.29 bits per heavy atom. The number of hydrogen-bond donors (Lipinski definition) is 0. The number of aromatic nitrogens is 1. The summed E-state index contributed by atoms with van der Waals surface area (Å²) in [5, 5.41) is 0. The third-order valence-corrected chi connectivity index (χ3v) is 4.97. The van der Waals surface area contributed by atoms with Crippen LogP contribution in [-0.4, -0.2) is 35.5 Å². The summed E-state index contributed by atoms with van der Waals surface area (Å²) in [7, 11) is 1.40. The number of carbonyl (C=O) groups is 1. The second kappa shape index (κ2) is 6.56. The molecular weight excluding hydrogens is 264 g/mol. The number of pyridine rings is 1. The van der Waals surface area contributed by atoms with Crippen LogP contribution in [-0.2, 0) is 11.3 Å². The SMILES string of the molecule is COC(=O)c1ccc(CN2CCCC2C2CCCC2)nc1. The van der Waals surface area contributed by atoms with E-state index in [2.05, 4.69) is 9.88 Å². The fourth-order valence-corrected chi connectivity index (χ4v) is 3.89. The summed E-state index contributed by atoms with van der Waals surface area (Å²) in [6.07, 6.45) is 9.88. The van der Waals surface area contributed by atoms with Crippen LogP contribution in [0.4, 0.5) is 0 Å². The van der Waals surface area contributed by atoms with E-state index in [1.165, 1.54) is 52.2 Å². The average Bonchev–Trinajstić information content (AvgIpc) is 3.18. The van der Waals surface area contributed by atoms with Crippen molar-refractivity contribution >= 4 is 5.97 Å². The molecule has 1 unspecified atom stereocenters. The van der Waals surface area contributed by atoms with Crippen LogP contribution in [0.15, 0.2) is 18.3 Å². The van der Waals surface area contributed by atoms with Gasteiger partial charge in [-0.05, 0) is 50.3 Å². The van der Waals surface area contributed by atoms with Gasteiger partial charge in [-0.25, -0.2) is 4.79 Å². The van der Waals surface area contributed by atoms with E-state index in [0.29, 0.717) is 5.56 Å². The lowest BCUT2D eigenvalue weighted by Gasteiger charge is -2.29. The van der Waals surface area contributed by atoms with Crippen molar-refractivity contribution < 1.29 is 9.53 Å². The Hall–Kier alpha value is -1.42. The molecule has 0 spiro atoms. The van der Waals surface area contributed by atoms with E-state index < -0.39 is 0 Å². The molecule has 21 heavy (non-hydrogen) atoms. The smallest absolute Gasteiger partial charge is 0.339 e. The van der Waals surface area contributed by atoms with E-state index in [1.54, 1.807) is 6.20 Å². The van der Waals surface area contributed by atoms with Gasteiger partial charge in [-0.1, -0.05) is 12.8 Å². The highest BCUT2D eigenvalue weighted by molar-refractivity contribution is 5.88. The van der Waals surface area contributed by atoms with Crippen LogP contribution >= 0.6 is 0 Å². The van der Waals surface area contributed by atoms with Crippen LogP contribution in [0.3, 0.4) is 0 Å². The molecule has 1 saturated heterocycles. The van der Waals surface area contributed by atoms with Gasteiger partial charge in [-0.2, -0.15) is 0 Å². The number of ether oxygens (including phenoxy) is 1. The largest absolute Gasteiger partial charge is 0.465 e. The zero-order valence-electron chi connectivity index (χ0n) is 12.8. The summed E-state index contributed by atoms with van der Waals surface area (Å²) in [5.41, 5.74) is 1.57. The second-order valence-electron chi connectivity index (χ2n) is 6.25. The standard InChI is InChI=1S/C17H24N2O2/c1-21-17(20)14-8-9-15(18-11-14)12-19-10-4-7-16(19)13-5-2-3-6-13/h8-9,11,13,16H,2-7,10,12H2,1H3. The van der Waals surface area contributed by atoms with Gasteiger partial charge in [0.2, 0.25) is 0 Å². The molecule has 1 aliphatic carbocycles. The summed E-state index contributed by atoms with van der Waals surface area (Å²) in [6, 6.07) is 4.51. The molecule has 1 saturated carbocycles. The Bertz CT molecular complexity index is 480. The summed E-state index contributed by atoms with van der Waals surface area (Å²) < 4.78 is 4.70. The summed E-state index contributed by atoms with van der Waals surface area (Å²) in [5.74, 6) is 0.570. The minimum Gasteiger partial charge on any atom is -0.465 e. The van der Waals surface area contributed by atoms with Gasteiger partial charge < -0.3 is 4.74 Å². The van der Waals surface area contributed by atoms with E-state index in [1.807, 2.05) is 12.1 Å². The maximum absolute atomic E-state index is 11.4. The van der Waals surface area contributed by atoms with Crippen LogP contribution in [0.5, 0.6) is 0 Å². The van der Waals surface area contributed by atoms with Crippen LogP contribution in [0, 0.1) is 5.92 Å². The van der Waals surface area contributed by atoms with Gasteiger partial charge >= 0.3 is 5.97 Å². The maximum atomic E-state index is 11.4. The van der Waals surface area contributed by atoms with Crippen LogP contribution in [0.25, 0.3) is 0 Å². The van der Waals surface area contributed by atoms with Gasteiger partial charge in [-0.3, -0.25) is 9.88 Å². The van der Waals surface area contributed by atoms with Crippen molar-refractivity contribution in [1.82, 2.24) is 9.88 Å². The van der Waals surface area contributed by atoms with Crippen molar-refractivity contribution in [3.8, 4) is 0 Å². The number of carbonyl (C=O) groups excluding carboxylic acids is 1. The fraction of sp³-hybridized carbons (Fsp3) is 0.647. The number of likely N-dealkylation sites (tertiary alicyclic amines) is 1. The first kappa shape index (κ1) is 14.5. The van der Waals surface area contributed by atoms with E-state index in [4.69, 9.17) is 4.74 Å². The molecule has 1 aromatic rings. The quantitative estimate of drug-likeness (QED) is 0.799. The van der Waals surface area contributed by atoms with Crippen molar-refractivity contribution in [3.63, 3.8) is 0 Å². The molecule has 2 heterocycles. The van der Waals surface area contributed by atoms with Gasteiger partial charge in [0.1, 0.15) is 0 Å². The van der Waals surface area contributed by atoms with Gasteiger partial charge in [0.15, 0.2) is 0 Å². The Labute approximate surface area is 126 Å². The molecule has 3 rings (SSSR count). The highest BCUT2D eigenvalue weighted by Crippen LogP contribution is 2.35. The lowest BCUT2D eigenvalue weighted by Crippen LogP contribution is -2.34. The van der Waals surface area contributed by atoms with Gasteiger partial charge in [0, 0.05) is 18.8 Å². The molecule has 4 nitrogen and oxygen atoms in total. The third kappa shape index (κ3) is 3.26. The molecule has 0 bridgehead atoms. The van der Waals surface area contributed by atoms with Crippen molar-refractivity contribution in [1.29, 1.82) is 0 Å². The van der Waals surface area contributed by atoms with E-state index in [9.17, 15) is 4.79 Å². The minimum absolute atomic E-state index is 0.320. The summed E-state index contributed by atoms with van der Waals surface area (Å²) in [6.45, 7) is 2.09. The molecule has 0 N–H and O–H groups in total. The molecule has 1 atom stereocenters.